The highest BCUT2D eigenvalue weighted by Crippen LogP contribution is 2.34. The largest absolute Gasteiger partial charge is 0.352 e. The van der Waals surface area contributed by atoms with Gasteiger partial charge in [-0.25, -0.2) is 17.6 Å². The summed E-state index contributed by atoms with van der Waals surface area (Å²) in [5.74, 6) is -3.95. The summed E-state index contributed by atoms with van der Waals surface area (Å²) in [6.45, 7) is 4.76. The van der Waals surface area contributed by atoms with E-state index in [0.717, 1.165) is 32.1 Å². The Bertz CT molecular complexity index is 1230. The van der Waals surface area contributed by atoms with Crippen LogP contribution in [0.5, 0.6) is 0 Å². The van der Waals surface area contributed by atoms with Crippen molar-refractivity contribution in [3.8, 4) is 22.3 Å². The van der Waals surface area contributed by atoms with Gasteiger partial charge in [-0.15, -0.1) is 0 Å². The van der Waals surface area contributed by atoms with Crippen molar-refractivity contribution in [1.82, 2.24) is 0 Å². The predicted molar refractivity (Wildman–Crippen MR) is 152 cm³/mol. The summed E-state index contributed by atoms with van der Waals surface area (Å²) >= 11 is 0. The summed E-state index contributed by atoms with van der Waals surface area (Å²) in [7, 11) is 0. The van der Waals surface area contributed by atoms with Gasteiger partial charge in [0.05, 0.1) is 13.2 Å². The Morgan fingerprint density at radius 3 is 1.75 bits per heavy atom. The molecule has 216 valence electrons. The van der Waals surface area contributed by atoms with Crippen molar-refractivity contribution in [3.05, 3.63) is 82.9 Å². The Kier molecular flexibility index (Phi) is 11.2. The lowest BCUT2D eigenvalue weighted by atomic mass is 9.94. The van der Waals surface area contributed by atoms with Gasteiger partial charge in [0.2, 0.25) is 0 Å². The lowest BCUT2D eigenvalue weighted by Crippen LogP contribution is -2.31. The molecule has 0 saturated carbocycles. The number of hydrogen-bond donors (Lipinski definition) is 0. The molecule has 0 bridgehead atoms. The summed E-state index contributed by atoms with van der Waals surface area (Å²) < 4.78 is 71.3. The zero-order valence-electron chi connectivity index (χ0n) is 23.6. The van der Waals surface area contributed by atoms with Gasteiger partial charge in [-0.1, -0.05) is 107 Å². The molecule has 3 aromatic rings. The maximum atomic E-state index is 15.1. The van der Waals surface area contributed by atoms with Crippen LogP contribution < -0.4 is 0 Å². The molecule has 0 N–H and O–H groups in total. The lowest BCUT2D eigenvalue weighted by molar-refractivity contribution is -0.190. The van der Waals surface area contributed by atoms with Gasteiger partial charge in [0.25, 0.3) is 0 Å². The summed E-state index contributed by atoms with van der Waals surface area (Å²) in [5, 5.41) is 0. The van der Waals surface area contributed by atoms with Gasteiger partial charge in [0, 0.05) is 17.0 Å². The Morgan fingerprint density at radius 2 is 1.15 bits per heavy atom. The average Bonchev–Trinajstić information content (AvgIpc) is 2.97. The van der Waals surface area contributed by atoms with Crippen molar-refractivity contribution >= 4 is 0 Å². The average molecular weight is 557 g/mol. The fraction of sp³-hybridized carbons (Fsp3) is 0.471. The van der Waals surface area contributed by atoms with E-state index in [9.17, 15) is 8.78 Å². The van der Waals surface area contributed by atoms with Crippen LogP contribution in [-0.4, -0.2) is 19.5 Å². The van der Waals surface area contributed by atoms with Crippen LogP contribution in [0.3, 0.4) is 0 Å². The first-order valence-electron chi connectivity index (χ1n) is 14.7. The Hall–Kier alpha value is -2.70. The number of halogens is 4. The zero-order chi connectivity index (χ0) is 28.5. The van der Waals surface area contributed by atoms with Crippen molar-refractivity contribution in [3.63, 3.8) is 0 Å². The van der Waals surface area contributed by atoms with Gasteiger partial charge in [-0.2, -0.15) is 0 Å². The summed E-state index contributed by atoms with van der Waals surface area (Å²) in [5.41, 5.74) is 1.78. The van der Waals surface area contributed by atoms with Crippen molar-refractivity contribution in [2.75, 3.05) is 13.2 Å². The number of hydrogen-bond acceptors (Lipinski definition) is 2. The van der Waals surface area contributed by atoms with Crippen molar-refractivity contribution in [1.29, 1.82) is 0 Å². The molecule has 1 aliphatic heterocycles. The predicted octanol–water partition coefficient (Wildman–Crippen LogP) is 10.1. The van der Waals surface area contributed by atoms with E-state index in [0.29, 0.717) is 23.1 Å². The molecular weight excluding hydrogens is 516 g/mol. The van der Waals surface area contributed by atoms with Gasteiger partial charge in [0.1, 0.15) is 0 Å². The molecule has 1 fully saturated rings. The van der Waals surface area contributed by atoms with Crippen LogP contribution in [0.1, 0.15) is 88.7 Å². The lowest BCUT2D eigenvalue weighted by Gasteiger charge is -2.29. The van der Waals surface area contributed by atoms with Crippen LogP contribution in [0.4, 0.5) is 17.6 Å². The Morgan fingerprint density at radius 1 is 0.600 bits per heavy atom. The van der Waals surface area contributed by atoms with E-state index in [1.807, 2.05) is 6.92 Å². The van der Waals surface area contributed by atoms with Crippen LogP contribution in [0.15, 0.2) is 48.5 Å². The maximum absolute atomic E-state index is 15.1. The van der Waals surface area contributed by atoms with Gasteiger partial charge in [-0.05, 0) is 41.5 Å². The first-order chi connectivity index (χ1) is 19.4. The molecule has 1 saturated heterocycles. The third-order valence-corrected chi connectivity index (χ3v) is 7.76. The minimum atomic E-state index is -0.951. The molecule has 0 aromatic heterocycles. The molecule has 1 heterocycles. The van der Waals surface area contributed by atoms with Gasteiger partial charge < -0.3 is 9.47 Å². The number of aryl methyl sites for hydroxylation is 1. The molecule has 0 radical (unpaired) electrons. The minimum absolute atomic E-state index is 0.103. The molecule has 40 heavy (non-hydrogen) atoms. The third kappa shape index (κ3) is 7.32. The molecule has 4 rings (SSSR count). The zero-order valence-corrected chi connectivity index (χ0v) is 23.6. The Labute approximate surface area is 235 Å². The van der Waals surface area contributed by atoms with Crippen LogP contribution in [0.25, 0.3) is 22.3 Å². The second-order valence-electron chi connectivity index (χ2n) is 10.8. The van der Waals surface area contributed by atoms with Crippen molar-refractivity contribution < 1.29 is 27.0 Å². The van der Waals surface area contributed by atoms with E-state index in [-0.39, 0.29) is 42.1 Å². The topological polar surface area (TPSA) is 18.5 Å². The van der Waals surface area contributed by atoms with Crippen LogP contribution >= 0.6 is 0 Å². The van der Waals surface area contributed by atoms with Gasteiger partial charge >= 0.3 is 0 Å². The van der Waals surface area contributed by atoms with Crippen LogP contribution in [0, 0.1) is 23.3 Å². The molecule has 0 unspecified atom stereocenters. The quantitative estimate of drug-likeness (QED) is 0.154. The second kappa shape index (κ2) is 14.8. The first-order valence-corrected chi connectivity index (χ1v) is 14.7. The fourth-order valence-electron chi connectivity index (χ4n) is 5.34. The summed E-state index contributed by atoms with van der Waals surface area (Å²) in [6.07, 6.45) is 9.70. The molecule has 0 atom stereocenters. The summed E-state index contributed by atoms with van der Waals surface area (Å²) in [6, 6.07) is 12.7. The van der Waals surface area contributed by atoms with Gasteiger partial charge in [0.15, 0.2) is 29.6 Å². The number of unbranched alkanes of at least 4 members (excludes halogenated alkanes) is 6. The van der Waals surface area contributed by atoms with E-state index in [1.165, 1.54) is 25.7 Å². The molecule has 3 aromatic carbocycles. The van der Waals surface area contributed by atoms with E-state index in [1.54, 1.807) is 48.5 Å². The highest BCUT2D eigenvalue weighted by molar-refractivity contribution is 5.71. The standard InChI is InChI=1S/C34H40F4O2/c1-3-5-6-7-8-9-10-12-25-17-18-27(32(36)31(25)35)23-13-15-24(16-14-23)28-19-20-29(34(38)33(28)37)26-21-39-30(11-4-2)40-22-26/h13-20,26,30H,3-12,21-22H2,1-2H3. The molecule has 1 aliphatic rings. The SMILES string of the molecule is CCCCCCCCCc1ccc(-c2ccc(-c3ccc(C4COC(CCC)OC4)c(F)c3F)cc2)c(F)c1F. The third-order valence-electron chi connectivity index (χ3n) is 7.76. The highest BCUT2D eigenvalue weighted by atomic mass is 19.2. The van der Waals surface area contributed by atoms with Crippen molar-refractivity contribution in [2.24, 2.45) is 0 Å². The van der Waals surface area contributed by atoms with E-state index in [4.69, 9.17) is 9.47 Å². The molecule has 0 amide bonds. The number of ether oxygens (including phenoxy) is 2. The van der Waals surface area contributed by atoms with E-state index < -0.39 is 23.3 Å². The van der Waals surface area contributed by atoms with E-state index >= 15 is 8.78 Å². The summed E-state index contributed by atoms with van der Waals surface area (Å²) in [4.78, 5) is 0. The van der Waals surface area contributed by atoms with Crippen LogP contribution in [-0.2, 0) is 15.9 Å². The Balaban J connectivity index is 1.42. The van der Waals surface area contributed by atoms with Crippen LogP contribution in [0.2, 0.25) is 0 Å². The normalized spacial score (nSPS) is 17.4. The molecule has 0 spiro atoms. The first kappa shape index (κ1) is 30.3. The van der Waals surface area contributed by atoms with E-state index in [2.05, 4.69) is 6.92 Å². The highest BCUT2D eigenvalue weighted by Gasteiger charge is 2.27. The monoisotopic (exact) mass is 556 g/mol. The molecule has 0 aliphatic carbocycles. The number of rotatable bonds is 13. The second-order valence-corrected chi connectivity index (χ2v) is 10.8. The maximum Gasteiger partial charge on any atom is 0.166 e. The molecule has 2 nitrogen and oxygen atoms in total. The minimum Gasteiger partial charge on any atom is -0.352 e. The molecular formula is C34H40F4O2. The smallest absolute Gasteiger partial charge is 0.166 e. The number of benzene rings is 3. The van der Waals surface area contributed by atoms with Crippen molar-refractivity contribution in [2.45, 2.75) is 90.3 Å². The fourth-order valence-corrected chi connectivity index (χ4v) is 5.34. The van der Waals surface area contributed by atoms with Gasteiger partial charge in [-0.3, -0.25) is 0 Å². The molecule has 6 heteroatoms.